The monoisotopic (exact) mass is 295 g/mol. The number of carbonyl (C=O) groups is 1. The molecule has 1 amide bonds. The molecule has 1 aliphatic carbocycles. The van der Waals surface area contributed by atoms with Gasteiger partial charge in [-0.25, -0.2) is 0 Å². The van der Waals surface area contributed by atoms with Gasteiger partial charge in [-0.2, -0.15) is 0 Å². The zero-order chi connectivity index (χ0) is 14.9. The number of pyridine rings is 1. The first-order valence-electron chi connectivity index (χ1n) is 8.20. The van der Waals surface area contributed by atoms with Crippen molar-refractivity contribution in [3.05, 3.63) is 36.5 Å². The van der Waals surface area contributed by atoms with Gasteiger partial charge in [0.05, 0.1) is 17.2 Å². The molecule has 0 spiro atoms. The van der Waals surface area contributed by atoms with E-state index in [1.165, 1.54) is 12.8 Å². The minimum absolute atomic E-state index is 0.0274. The van der Waals surface area contributed by atoms with Crippen LogP contribution < -0.4 is 5.32 Å². The minimum atomic E-state index is 0.0274. The van der Waals surface area contributed by atoms with Gasteiger partial charge in [-0.3, -0.25) is 14.7 Å². The molecule has 4 heteroatoms. The van der Waals surface area contributed by atoms with Crippen LogP contribution in [0.1, 0.15) is 25.7 Å². The van der Waals surface area contributed by atoms with Crippen LogP contribution in [0.15, 0.2) is 36.5 Å². The number of hydrogen-bond donors (Lipinski definition) is 1. The maximum absolute atomic E-state index is 12.7. The standard InChI is InChI=1S/C18H21N3O/c22-18(16-7-3-11-21(16)12-13-8-9-13)20-15-6-1-4-14-5-2-10-19-17(14)15/h1-2,4-6,10,13,16H,3,7-9,11-12H2,(H,20,22)/t16-/m0/s1. The maximum atomic E-state index is 12.7. The number of nitrogens with zero attached hydrogens (tertiary/aromatic N) is 2. The lowest BCUT2D eigenvalue weighted by Crippen LogP contribution is -2.40. The summed E-state index contributed by atoms with van der Waals surface area (Å²) in [5.74, 6) is 0.948. The molecule has 0 unspecified atom stereocenters. The summed E-state index contributed by atoms with van der Waals surface area (Å²) in [5.41, 5.74) is 1.69. The highest BCUT2D eigenvalue weighted by atomic mass is 16.2. The van der Waals surface area contributed by atoms with Crippen LogP contribution in [-0.4, -0.2) is 34.9 Å². The van der Waals surface area contributed by atoms with Crippen molar-refractivity contribution < 1.29 is 4.79 Å². The Labute approximate surface area is 130 Å². The van der Waals surface area contributed by atoms with E-state index >= 15 is 0 Å². The van der Waals surface area contributed by atoms with Crippen molar-refractivity contribution in [2.45, 2.75) is 31.7 Å². The van der Waals surface area contributed by atoms with Gasteiger partial charge in [0.15, 0.2) is 0 Å². The normalized spacial score (nSPS) is 22.1. The van der Waals surface area contributed by atoms with Crippen LogP contribution in [0.25, 0.3) is 10.9 Å². The lowest BCUT2D eigenvalue weighted by Gasteiger charge is -2.23. The highest BCUT2D eigenvalue weighted by molar-refractivity contribution is 6.02. The molecular formula is C18H21N3O. The smallest absolute Gasteiger partial charge is 0.241 e. The molecule has 22 heavy (non-hydrogen) atoms. The highest BCUT2D eigenvalue weighted by Crippen LogP contribution is 2.32. The predicted molar refractivity (Wildman–Crippen MR) is 87.7 cm³/mol. The van der Waals surface area contributed by atoms with Crippen LogP contribution in [0, 0.1) is 5.92 Å². The maximum Gasteiger partial charge on any atom is 0.241 e. The second-order valence-corrected chi connectivity index (χ2v) is 6.47. The first kappa shape index (κ1) is 13.7. The summed E-state index contributed by atoms with van der Waals surface area (Å²) in [7, 11) is 0. The molecule has 1 aromatic heterocycles. The Morgan fingerprint density at radius 3 is 2.95 bits per heavy atom. The van der Waals surface area contributed by atoms with Crippen LogP contribution >= 0.6 is 0 Å². The van der Waals surface area contributed by atoms with E-state index in [-0.39, 0.29) is 11.9 Å². The lowest BCUT2D eigenvalue weighted by molar-refractivity contribution is -0.120. The molecule has 1 aliphatic heterocycles. The number of para-hydroxylation sites is 1. The van der Waals surface area contributed by atoms with Crippen LogP contribution in [0.3, 0.4) is 0 Å². The summed E-state index contributed by atoms with van der Waals surface area (Å²) in [4.78, 5) is 19.5. The molecule has 2 heterocycles. The van der Waals surface area contributed by atoms with Crippen LogP contribution in [0.5, 0.6) is 0 Å². The molecule has 0 bridgehead atoms. The Morgan fingerprint density at radius 1 is 1.23 bits per heavy atom. The largest absolute Gasteiger partial charge is 0.323 e. The number of aromatic nitrogens is 1. The van der Waals surface area contributed by atoms with E-state index in [0.29, 0.717) is 0 Å². The number of benzene rings is 1. The number of anilines is 1. The highest BCUT2D eigenvalue weighted by Gasteiger charge is 2.34. The van der Waals surface area contributed by atoms with Gasteiger partial charge in [-0.1, -0.05) is 18.2 Å². The van der Waals surface area contributed by atoms with E-state index in [9.17, 15) is 4.79 Å². The van der Waals surface area contributed by atoms with E-state index in [0.717, 1.165) is 48.4 Å². The topological polar surface area (TPSA) is 45.2 Å². The number of nitrogens with one attached hydrogen (secondary N) is 1. The van der Waals surface area contributed by atoms with E-state index in [1.54, 1.807) is 6.20 Å². The van der Waals surface area contributed by atoms with E-state index in [1.807, 2.05) is 30.3 Å². The summed E-state index contributed by atoms with van der Waals surface area (Å²) in [6.45, 7) is 2.15. The quantitative estimate of drug-likeness (QED) is 0.943. The summed E-state index contributed by atoms with van der Waals surface area (Å²) in [6.07, 6.45) is 6.53. The van der Waals surface area contributed by atoms with Crippen LogP contribution in [-0.2, 0) is 4.79 Å². The first-order valence-corrected chi connectivity index (χ1v) is 8.20. The third kappa shape index (κ3) is 2.71. The second kappa shape index (κ2) is 5.69. The number of hydrogen-bond acceptors (Lipinski definition) is 3. The van der Waals surface area contributed by atoms with Crippen molar-refractivity contribution >= 4 is 22.5 Å². The predicted octanol–water partition coefficient (Wildman–Crippen LogP) is 3.05. The molecular weight excluding hydrogens is 274 g/mol. The Hall–Kier alpha value is -1.94. The summed E-state index contributed by atoms with van der Waals surface area (Å²) >= 11 is 0. The minimum Gasteiger partial charge on any atom is -0.323 e. The third-order valence-electron chi connectivity index (χ3n) is 4.75. The number of carbonyl (C=O) groups excluding carboxylic acids is 1. The fourth-order valence-corrected chi connectivity index (χ4v) is 3.39. The fourth-order valence-electron chi connectivity index (χ4n) is 3.39. The Balaban J connectivity index is 1.52. The Bertz CT molecular complexity index is 690. The Kier molecular flexibility index (Phi) is 3.54. The fraction of sp³-hybridized carbons (Fsp3) is 0.444. The molecule has 1 aromatic carbocycles. The van der Waals surface area contributed by atoms with Gasteiger partial charge in [0.2, 0.25) is 5.91 Å². The van der Waals surface area contributed by atoms with Gasteiger partial charge in [-0.05, 0) is 50.3 Å². The van der Waals surface area contributed by atoms with Gasteiger partial charge < -0.3 is 5.32 Å². The lowest BCUT2D eigenvalue weighted by atomic mass is 10.1. The zero-order valence-corrected chi connectivity index (χ0v) is 12.7. The summed E-state index contributed by atoms with van der Waals surface area (Å²) in [5, 5.41) is 4.16. The number of amides is 1. The van der Waals surface area contributed by atoms with Gasteiger partial charge in [0.1, 0.15) is 0 Å². The molecule has 0 radical (unpaired) electrons. The Morgan fingerprint density at radius 2 is 2.09 bits per heavy atom. The van der Waals surface area contributed by atoms with Crippen molar-refractivity contribution in [2.24, 2.45) is 5.92 Å². The van der Waals surface area contributed by atoms with Crippen molar-refractivity contribution in [1.29, 1.82) is 0 Å². The molecule has 1 atom stereocenters. The van der Waals surface area contributed by atoms with E-state index in [4.69, 9.17) is 0 Å². The molecule has 4 rings (SSSR count). The first-order chi connectivity index (χ1) is 10.8. The number of likely N-dealkylation sites (tertiary alicyclic amines) is 1. The molecule has 1 saturated carbocycles. The van der Waals surface area contributed by atoms with E-state index < -0.39 is 0 Å². The van der Waals surface area contributed by atoms with Crippen LogP contribution in [0.2, 0.25) is 0 Å². The van der Waals surface area contributed by atoms with Crippen molar-refractivity contribution in [1.82, 2.24) is 9.88 Å². The molecule has 114 valence electrons. The zero-order valence-electron chi connectivity index (χ0n) is 12.7. The average Bonchev–Trinajstić information content (AvgIpc) is 3.23. The van der Waals surface area contributed by atoms with E-state index in [2.05, 4.69) is 15.2 Å². The molecule has 4 nitrogen and oxygen atoms in total. The molecule has 2 fully saturated rings. The molecule has 1 saturated heterocycles. The van der Waals surface area contributed by atoms with Gasteiger partial charge >= 0.3 is 0 Å². The van der Waals surface area contributed by atoms with Crippen molar-refractivity contribution in [3.63, 3.8) is 0 Å². The number of rotatable bonds is 4. The molecule has 2 aliphatic rings. The van der Waals surface area contributed by atoms with Gasteiger partial charge in [0, 0.05) is 18.1 Å². The summed E-state index contributed by atoms with van der Waals surface area (Å²) in [6, 6.07) is 9.89. The number of fused-ring (bicyclic) bond motifs is 1. The van der Waals surface area contributed by atoms with Crippen molar-refractivity contribution in [2.75, 3.05) is 18.4 Å². The van der Waals surface area contributed by atoms with Gasteiger partial charge in [-0.15, -0.1) is 0 Å². The average molecular weight is 295 g/mol. The van der Waals surface area contributed by atoms with Gasteiger partial charge in [0.25, 0.3) is 0 Å². The molecule has 1 N–H and O–H groups in total. The third-order valence-corrected chi connectivity index (χ3v) is 4.75. The van der Waals surface area contributed by atoms with Crippen LogP contribution in [0.4, 0.5) is 5.69 Å². The summed E-state index contributed by atoms with van der Waals surface area (Å²) < 4.78 is 0. The van der Waals surface area contributed by atoms with Crippen molar-refractivity contribution in [3.8, 4) is 0 Å². The second-order valence-electron chi connectivity index (χ2n) is 6.47. The molecule has 2 aromatic rings. The SMILES string of the molecule is O=C(Nc1cccc2cccnc12)[C@@H]1CCCN1CC1CC1.